The number of halogens is 2. The third-order valence-electron chi connectivity index (χ3n) is 6.31. The van der Waals surface area contributed by atoms with E-state index in [0.717, 1.165) is 11.1 Å². The van der Waals surface area contributed by atoms with Gasteiger partial charge in [0.15, 0.2) is 0 Å². The van der Waals surface area contributed by atoms with Crippen molar-refractivity contribution in [3.05, 3.63) is 160 Å². The Bertz CT molecular complexity index is 1330. The fraction of sp³-hybridized carbons (Fsp3) is 0.0690. The van der Waals surface area contributed by atoms with Crippen molar-refractivity contribution in [2.24, 2.45) is 0 Å². The SMILES string of the molecule is OC(c1ccccc1)(c1ccc(Cl)cc1Cl)C(c1ccccc1)(c1ccccc1)n1ccnc1. The average Bonchev–Trinajstić information content (AvgIpc) is 3.41. The number of benzene rings is 4. The van der Waals surface area contributed by atoms with Crippen LogP contribution < -0.4 is 0 Å². The summed E-state index contributed by atoms with van der Waals surface area (Å²) in [5.74, 6) is 0. The van der Waals surface area contributed by atoms with Crippen LogP contribution in [0.3, 0.4) is 0 Å². The Hall–Kier alpha value is -3.37. The van der Waals surface area contributed by atoms with Gasteiger partial charge in [-0.1, -0.05) is 120 Å². The van der Waals surface area contributed by atoms with E-state index in [1.807, 2.05) is 102 Å². The van der Waals surface area contributed by atoms with Crippen LogP contribution in [0.2, 0.25) is 10.0 Å². The second kappa shape index (κ2) is 9.11. The fourth-order valence-electron chi connectivity index (χ4n) is 4.91. The smallest absolute Gasteiger partial charge is 0.148 e. The van der Waals surface area contributed by atoms with Gasteiger partial charge in [-0.2, -0.15) is 0 Å². The van der Waals surface area contributed by atoms with Crippen molar-refractivity contribution >= 4 is 23.2 Å². The molecule has 1 atom stereocenters. The standard InChI is InChI=1S/C29H22Cl2N2O/c30-25-16-17-26(27(31)20-25)29(34,24-14-8-3-9-15-24)28(33-19-18-32-21-33,22-10-4-1-5-11-22)23-12-6-2-7-13-23/h1-21,34H. The van der Waals surface area contributed by atoms with Crippen molar-refractivity contribution in [2.75, 3.05) is 0 Å². The molecular weight excluding hydrogens is 463 g/mol. The minimum Gasteiger partial charge on any atom is -0.377 e. The largest absolute Gasteiger partial charge is 0.377 e. The van der Waals surface area contributed by atoms with Gasteiger partial charge < -0.3 is 9.67 Å². The van der Waals surface area contributed by atoms with E-state index in [-0.39, 0.29) is 0 Å². The molecular formula is C29H22Cl2N2O. The van der Waals surface area contributed by atoms with Crippen molar-refractivity contribution in [3.63, 3.8) is 0 Å². The van der Waals surface area contributed by atoms with Crippen molar-refractivity contribution < 1.29 is 5.11 Å². The van der Waals surface area contributed by atoms with Crippen LogP contribution in [0.5, 0.6) is 0 Å². The van der Waals surface area contributed by atoms with E-state index in [0.29, 0.717) is 21.2 Å². The molecule has 0 aliphatic rings. The second-order valence-electron chi connectivity index (χ2n) is 8.11. The van der Waals surface area contributed by atoms with E-state index in [9.17, 15) is 5.11 Å². The zero-order valence-corrected chi connectivity index (χ0v) is 19.7. The molecule has 5 aromatic rings. The van der Waals surface area contributed by atoms with Crippen LogP contribution in [0.25, 0.3) is 0 Å². The first-order valence-corrected chi connectivity index (χ1v) is 11.7. The number of aliphatic hydroxyl groups is 1. The molecule has 1 N–H and O–H groups in total. The predicted octanol–water partition coefficient (Wildman–Crippen LogP) is 6.92. The molecule has 1 aromatic heterocycles. The van der Waals surface area contributed by atoms with Gasteiger partial charge in [0.1, 0.15) is 11.1 Å². The average molecular weight is 485 g/mol. The van der Waals surface area contributed by atoms with E-state index in [1.165, 1.54) is 0 Å². The molecule has 3 nitrogen and oxygen atoms in total. The number of hydrogen-bond donors (Lipinski definition) is 1. The second-order valence-corrected chi connectivity index (χ2v) is 8.96. The first-order chi connectivity index (χ1) is 16.6. The van der Waals surface area contributed by atoms with E-state index in [2.05, 4.69) is 4.98 Å². The molecule has 0 spiro atoms. The van der Waals surface area contributed by atoms with Gasteiger partial charge in [-0.05, 0) is 28.8 Å². The van der Waals surface area contributed by atoms with Crippen molar-refractivity contribution in [3.8, 4) is 0 Å². The van der Waals surface area contributed by atoms with E-state index >= 15 is 0 Å². The fourth-order valence-corrected chi connectivity index (χ4v) is 5.45. The normalized spacial score (nSPS) is 13.4. The molecule has 1 unspecified atom stereocenters. The number of hydrogen-bond acceptors (Lipinski definition) is 2. The van der Waals surface area contributed by atoms with Gasteiger partial charge in [-0.15, -0.1) is 0 Å². The number of nitrogens with zero attached hydrogens (tertiary/aromatic N) is 2. The molecule has 0 aliphatic carbocycles. The molecule has 0 saturated heterocycles. The van der Waals surface area contributed by atoms with Gasteiger partial charge in [-0.25, -0.2) is 4.98 Å². The zero-order chi connectivity index (χ0) is 23.6. The summed E-state index contributed by atoms with van der Waals surface area (Å²) < 4.78 is 1.95. The molecule has 34 heavy (non-hydrogen) atoms. The van der Waals surface area contributed by atoms with Crippen LogP contribution in [0.15, 0.2) is 128 Å². The molecule has 0 bridgehead atoms. The van der Waals surface area contributed by atoms with Crippen molar-refractivity contribution in [1.29, 1.82) is 0 Å². The highest BCUT2D eigenvalue weighted by molar-refractivity contribution is 6.35. The number of rotatable bonds is 6. The lowest BCUT2D eigenvalue weighted by molar-refractivity contribution is -0.00419. The first kappa shape index (κ1) is 22.4. The topological polar surface area (TPSA) is 38.0 Å². The van der Waals surface area contributed by atoms with E-state index in [4.69, 9.17) is 23.2 Å². The molecule has 5 rings (SSSR count). The van der Waals surface area contributed by atoms with Crippen LogP contribution >= 0.6 is 23.2 Å². The minimum absolute atomic E-state index is 0.371. The summed E-state index contributed by atoms with van der Waals surface area (Å²) in [5, 5.41) is 14.1. The van der Waals surface area contributed by atoms with E-state index < -0.39 is 11.1 Å². The van der Waals surface area contributed by atoms with Crippen LogP contribution in [-0.4, -0.2) is 14.7 Å². The zero-order valence-electron chi connectivity index (χ0n) is 18.2. The Morgan fingerprint density at radius 2 is 1.21 bits per heavy atom. The highest BCUT2D eigenvalue weighted by Gasteiger charge is 2.57. The Labute approximate surface area is 208 Å². The van der Waals surface area contributed by atoms with Gasteiger partial charge in [0.05, 0.1) is 6.33 Å². The summed E-state index contributed by atoms with van der Waals surface area (Å²) in [5.41, 5.74) is 0.143. The van der Waals surface area contributed by atoms with Crippen LogP contribution in [0.4, 0.5) is 0 Å². The Morgan fingerprint density at radius 3 is 1.68 bits per heavy atom. The summed E-state index contributed by atoms with van der Waals surface area (Å²) in [6.45, 7) is 0. The molecule has 5 heteroatoms. The summed E-state index contributed by atoms with van der Waals surface area (Å²) in [6, 6.07) is 34.7. The molecule has 1 heterocycles. The third kappa shape index (κ3) is 3.45. The number of imidazole rings is 1. The molecule has 4 aromatic carbocycles. The summed E-state index contributed by atoms with van der Waals surface area (Å²) >= 11 is 13.1. The lowest BCUT2D eigenvalue weighted by atomic mass is 9.63. The molecule has 168 valence electrons. The van der Waals surface area contributed by atoms with Crippen molar-refractivity contribution in [2.45, 2.75) is 11.1 Å². The summed E-state index contributed by atoms with van der Waals surface area (Å²) in [6.07, 6.45) is 5.32. The van der Waals surface area contributed by atoms with E-state index in [1.54, 1.807) is 30.7 Å². The maximum atomic E-state index is 13.2. The molecule has 0 radical (unpaired) electrons. The predicted molar refractivity (Wildman–Crippen MR) is 137 cm³/mol. The first-order valence-electron chi connectivity index (χ1n) is 10.9. The lowest BCUT2D eigenvalue weighted by Gasteiger charge is -2.50. The summed E-state index contributed by atoms with van der Waals surface area (Å²) in [7, 11) is 0. The van der Waals surface area contributed by atoms with Gasteiger partial charge >= 0.3 is 0 Å². The van der Waals surface area contributed by atoms with Gasteiger partial charge in [0.25, 0.3) is 0 Å². The lowest BCUT2D eigenvalue weighted by Crippen LogP contribution is -2.55. The van der Waals surface area contributed by atoms with Crippen LogP contribution in [0, 0.1) is 0 Å². The molecule has 0 saturated carbocycles. The maximum absolute atomic E-state index is 13.2. The molecule has 0 aliphatic heterocycles. The highest BCUT2D eigenvalue weighted by Crippen LogP contribution is 2.53. The monoisotopic (exact) mass is 484 g/mol. The van der Waals surface area contributed by atoms with Gasteiger partial charge in [0, 0.05) is 28.0 Å². The quantitative estimate of drug-likeness (QED) is 0.284. The van der Waals surface area contributed by atoms with Crippen LogP contribution in [-0.2, 0) is 11.1 Å². The Balaban J connectivity index is 2.01. The summed E-state index contributed by atoms with van der Waals surface area (Å²) in [4.78, 5) is 4.37. The molecule has 0 amide bonds. The Morgan fingerprint density at radius 1 is 0.676 bits per heavy atom. The highest BCUT2D eigenvalue weighted by atomic mass is 35.5. The third-order valence-corrected chi connectivity index (χ3v) is 6.86. The van der Waals surface area contributed by atoms with Gasteiger partial charge in [-0.3, -0.25) is 0 Å². The minimum atomic E-state index is -1.65. The Kier molecular flexibility index (Phi) is 6.01. The van der Waals surface area contributed by atoms with Crippen LogP contribution in [0.1, 0.15) is 22.3 Å². The van der Waals surface area contributed by atoms with Crippen molar-refractivity contribution in [1.82, 2.24) is 9.55 Å². The molecule has 0 fully saturated rings. The maximum Gasteiger partial charge on any atom is 0.148 e. The number of aromatic nitrogens is 2. The van der Waals surface area contributed by atoms with Gasteiger partial charge in [0.2, 0.25) is 0 Å².